The van der Waals surface area contributed by atoms with E-state index in [1.165, 1.54) is 5.56 Å². The highest BCUT2D eigenvalue weighted by molar-refractivity contribution is 7.92. The molecule has 0 aromatic heterocycles. The van der Waals surface area contributed by atoms with Crippen molar-refractivity contribution in [3.8, 4) is 0 Å². The molecule has 26 heavy (non-hydrogen) atoms. The highest BCUT2D eigenvalue weighted by atomic mass is 32.2. The van der Waals surface area contributed by atoms with Gasteiger partial charge in [0.2, 0.25) is 0 Å². The Balaban J connectivity index is 1.78. The number of anilines is 2. The number of hydrogen-bond donors (Lipinski definition) is 2. The normalized spacial score (nSPS) is 11.2. The number of nitrogens with one attached hydrogen (secondary N) is 2. The molecule has 2 N–H and O–H groups in total. The molecule has 3 aromatic carbocycles. The zero-order valence-corrected chi connectivity index (χ0v) is 15.7. The third-order valence-corrected chi connectivity index (χ3v) is 5.51. The number of para-hydroxylation sites is 1. The Morgan fingerprint density at radius 2 is 1.35 bits per heavy atom. The molecule has 0 unspecified atom stereocenters. The highest BCUT2D eigenvalue weighted by Crippen LogP contribution is 2.21. The van der Waals surface area contributed by atoms with Gasteiger partial charge in [0.25, 0.3) is 10.0 Å². The summed E-state index contributed by atoms with van der Waals surface area (Å²) in [5.74, 6) is 0. The summed E-state index contributed by atoms with van der Waals surface area (Å²) in [6.07, 6.45) is 0. The lowest BCUT2D eigenvalue weighted by Crippen LogP contribution is -2.15. The summed E-state index contributed by atoms with van der Waals surface area (Å²) < 4.78 is 28.0. The van der Waals surface area contributed by atoms with Crippen molar-refractivity contribution in [2.45, 2.75) is 25.3 Å². The van der Waals surface area contributed by atoms with Crippen LogP contribution >= 0.6 is 0 Å². The average Bonchev–Trinajstić information content (AvgIpc) is 2.62. The first-order chi connectivity index (χ1) is 12.4. The molecule has 0 heterocycles. The first kappa shape index (κ1) is 18.0. The number of sulfonamides is 1. The van der Waals surface area contributed by atoms with E-state index in [1.54, 1.807) is 30.3 Å². The van der Waals surface area contributed by atoms with Crippen LogP contribution in [0.3, 0.4) is 0 Å². The van der Waals surface area contributed by atoms with Gasteiger partial charge in [-0.3, -0.25) is 4.72 Å². The van der Waals surface area contributed by atoms with Crippen LogP contribution in [0, 0.1) is 13.8 Å². The Kier molecular flexibility index (Phi) is 5.28. The lowest BCUT2D eigenvalue weighted by molar-refractivity contribution is 0.601. The molecule has 0 aliphatic heterocycles. The molecule has 4 nitrogen and oxygen atoms in total. The van der Waals surface area contributed by atoms with Gasteiger partial charge < -0.3 is 5.32 Å². The smallest absolute Gasteiger partial charge is 0.261 e. The predicted octanol–water partition coefficient (Wildman–Crippen LogP) is 4.72. The zero-order valence-electron chi connectivity index (χ0n) is 14.9. The van der Waals surface area contributed by atoms with E-state index in [1.807, 2.05) is 56.3 Å². The van der Waals surface area contributed by atoms with E-state index in [-0.39, 0.29) is 4.90 Å². The lowest BCUT2D eigenvalue weighted by Gasteiger charge is -2.14. The van der Waals surface area contributed by atoms with Crippen LogP contribution in [0.1, 0.15) is 16.7 Å². The Morgan fingerprint density at radius 1 is 0.769 bits per heavy atom. The third kappa shape index (κ3) is 4.43. The number of aryl methyl sites for hydroxylation is 2. The van der Waals surface area contributed by atoms with Crippen LogP contribution in [-0.4, -0.2) is 8.42 Å². The van der Waals surface area contributed by atoms with E-state index in [0.717, 1.165) is 16.8 Å². The van der Waals surface area contributed by atoms with E-state index in [2.05, 4.69) is 10.0 Å². The van der Waals surface area contributed by atoms with E-state index in [9.17, 15) is 8.42 Å². The Bertz CT molecular complexity index is 979. The first-order valence-electron chi connectivity index (χ1n) is 8.42. The van der Waals surface area contributed by atoms with Crippen molar-refractivity contribution in [2.24, 2.45) is 0 Å². The van der Waals surface area contributed by atoms with E-state index < -0.39 is 10.0 Å². The number of benzene rings is 3. The molecule has 3 aromatic rings. The summed E-state index contributed by atoms with van der Waals surface area (Å²) in [6, 6.07) is 22.3. The SMILES string of the molecule is Cc1ccc(NCc2ccccc2NS(=O)(=O)c2ccc(C)cc2)cc1. The fourth-order valence-corrected chi connectivity index (χ4v) is 3.66. The highest BCUT2D eigenvalue weighted by Gasteiger charge is 2.15. The quantitative estimate of drug-likeness (QED) is 0.664. The van der Waals surface area contributed by atoms with Crippen molar-refractivity contribution in [3.63, 3.8) is 0 Å². The lowest BCUT2D eigenvalue weighted by atomic mass is 10.1. The van der Waals surface area contributed by atoms with Gasteiger partial charge in [-0.1, -0.05) is 53.6 Å². The number of rotatable bonds is 6. The maximum Gasteiger partial charge on any atom is 0.261 e. The largest absolute Gasteiger partial charge is 0.381 e. The van der Waals surface area contributed by atoms with Gasteiger partial charge >= 0.3 is 0 Å². The monoisotopic (exact) mass is 366 g/mol. The van der Waals surface area contributed by atoms with Crippen LogP contribution < -0.4 is 10.0 Å². The molecule has 0 spiro atoms. The maximum atomic E-state index is 12.6. The summed E-state index contributed by atoms with van der Waals surface area (Å²) in [4.78, 5) is 0.254. The van der Waals surface area contributed by atoms with Crippen molar-refractivity contribution in [2.75, 3.05) is 10.0 Å². The van der Waals surface area contributed by atoms with Crippen molar-refractivity contribution in [1.29, 1.82) is 0 Å². The van der Waals surface area contributed by atoms with Crippen LogP contribution in [0.4, 0.5) is 11.4 Å². The van der Waals surface area contributed by atoms with Gasteiger partial charge in [0.05, 0.1) is 10.6 Å². The minimum Gasteiger partial charge on any atom is -0.381 e. The summed E-state index contributed by atoms with van der Waals surface area (Å²) in [5, 5.41) is 3.33. The third-order valence-electron chi connectivity index (χ3n) is 4.13. The van der Waals surface area contributed by atoms with Gasteiger partial charge in [-0.15, -0.1) is 0 Å². The van der Waals surface area contributed by atoms with Gasteiger partial charge in [-0.2, -0.15) is 0 Å². The Morgan fingerprint density at radius 3 is 2.00 bits per heavy atom. The summed E-state index contributed by atoms with van der Waals surface area (Å²) in [6.45, 7) is 4.49. The second-order valence-corrected chi connectivity index (χ2v) is 7.98. The average molecular weight is 366 g/mol. The van der Waals surface area contributed by atoms with Gasteiger partial charge in [0.15, 0.2) is 0 Å². The molecule has 0 radical (unpaired) electrons. The maximum absolute atomic E-state index is 12.6. The van der Waals surface area contributed by atoms with Crippen molar-refractivity contribution < 1.29 is 8.42 Å². The minimum absolute atomic E-state index is 0.254. The molecule has 0 aliphatic rings. The van der Waals surface area contributed by atoms with E-state index in [0.29, 0.717) is 12.2 Å². The molecule has 5 heteroatoms. The second kappa shape index (κ2) is 7.62. The van der Waals surface area contributed by atoms with Crippen molar-refractivity contribution in [3.05, 3.63) is 89.5 Å². The summed E-state index contributed by atoms with van der Waals surface area (Å²) >= 11 is 0. The molecule has 0 bridgehead atoms. The molecule has 0 amide bonds. The van der Waals surface area contributed by atoms with Gasteiger partial charge in [0, 0.05) is 12.2 Å². The van der Waals surface area contributed by atoms with E-state index >= 15 is 0 Å². The molecule has 0 fully saturated rings. The van der Waals surface area contributed by atoms with Crippen molar-refractivity contribution in [1.82, 2.24) is 0 Å². The standard InChI is InChI=1S/C21H22N2O2S/c1-16-7-11-19(12-8-16)22-15-18-5-3-4-6-21(18)23-26(24,25)20-13-9-17(2)10-14-20/h3-14,22-23H,15H2,1-2H3. The molecule has 0 atom stereocenters. The second-order valence-electron chi connectivity index (χ2n) is 6.30. The predicted molar refractivity (Wildman–Crippen MR) is 107 cm³/mol. The molecule has 3 rings (SSSR count). The van der Waals surface area contributed by atoms with Crippen LogP contribution in [0.15, 0.2) is 77.7 Å². The van der Waals surface area contributed by atoms with E-state index in [4.69, 9.17) is 0 Å². The Hall–Kier alpha value is -2.79. The molecular formula is C21H22N2O2S. The summed E-state index contributed by atoms with van der Waals surface area (Å²) in [7, 11) is -3.62. The van der Waals surface area contributed by atoms with Gasteiger partial charge in [0.1, 0.15) is 0 Å². The molecule has 0 aliphatic carbocycles. The number of hydrogen-bond acceptors (Lipinski definition) is 3. The summed E-state index contributed by atoms with van der Waals surface area (Å²) in [5.41, 5.74) is 4.66. The van der Waals surface area contributed by atoms with Crippen LogP contribution in [0.2, 0.25) is 0 Å². The van der Waals surface area contributed by atoms with Crippen LogP contribution in [0.5, 0.6) is 0 Å². The fraction of sp³-hybridized carbons (Fsp3) is 0.143. The van der Waals surface area contributed by atoms with Crippen LogP contribution in [-0.2, 0) is 16.6 Å². The molecule has 0 saturated carbocycles. The topological polar surface area (TPSA) is 58.2 Å². The first-order valence-corrected chi connectivity index (χ1v) is 9.90. The zero-order chi connectivity index (χ0) is 18.6. The van der Waals surface area contributed by atoms with Gasteiger partial charge in [-0.25, -0.2) is 8.42 Å². The molecule has 134 valence electrons. The molecule has 0 saturated heterocycles. The fourth-order valence-electron chi connectivity index (χ4n) is 2.56. The van der Waals surface area contributed by atoms with Gasteiger partial charge in [-0.05, 0) is 49.7 Å². The molecular weight excluding hydrogens is 344 g/mol. The van der Waals surface area contributed by atoms with Crippen molar-refractivity contribution >= 4 is 21.4 Å². The van der Waals surface area contributed by atoms with Crippen LogP contribution in [0.25, 0.3) is 0 Å². The Labute approximate surface area is 155 Å². The minimum atomic E-state index is -3.62.